The molecular weight excluding hydrogens is 963 g/mol. The minimum absolute atomic E-state index is 0.0236. The van der Waals surface area contributed by atoms with E-state index in [0.29, 0.717) is 5.92 Å². The summed E-state index contributed by atoms with van der Waals surface area (Å²) in [6.45, 7) is 18.7. The lowest BCUT2D eigenvalue weighted by molar-refractivity contribution is 0.327. The van der Waals surface area contributed by atoms with E-state index in [1.54, 1.807) is 5.56 Å². The Morgan fingerprint density at radius 2 is 0.900 bits per heavy atom. The zero-order valence-electron chi connectivity index (χ0n) is 47.8. The highest BCUT2D eigenvalue weighted by Crippen LogP contribution is 2.67. The van der Waals surface area contributed by atoms with Crippen LogP contribution in [0.1, 0.15) is 137 Å². The van der Waals surface area contributed by atoms with Crippen molar-refractivity contribution in [3.05, 3.63) is 280 Å². The summed E-state index contributed by atoms with van der Waals surface area (Å²) in [6, 6.07) is 87.4. The Kier molecular flexibility index (Phi) is 10.7. The summed E-state index contributed by atoms with van der Waals surface area (Å²) in [5, 5.41) is 0. The van der Waals surface area contributed by atoms with E-state index in [9.17, 15) is 0 Å². The maximum Gasteiger partial charge on any atom is 0.0714 e. The normalized spacial score (nSPS) is 19.3. The smallest absolute Gasteiger partial charge is 0.0714 e. The highest BCUT2D eigenvalue weighted by molar-refractivity contribution is 5.99. The average molecular weight is 1030 g/mol. The van der Waals surface area contributed by atoms with Crippen molar-refractivity contribution in [1.82, 2.24) is 0 Å². The molecule has 1 heteroatoms. The van der Waals surface area contributed by atoms with E-state index < -0.39 is 5.41 Å². The number of benzene rings is 10. The van der Waals surface area contributed by atoms with Gasteiger partial charge in [-0.1, -0.05) is 256 Å². The molecule has 0 radical (unpaired) electrons. The lowest BCUT2D eigenvalue weighted by atomic mass is 9.66. The van der Waals surface area contributed by atoms with E-state index in [1.807, 2.05) is 0 Å². The van der Waals surface area contributed by atoms with Gasteiger partial charge in [0.05, 0.1) is 11.1 Å². The van der Waals surface area contributed by atoms with Crippen LogP contribution in [0.5, 0.6) is 0 Å². The minimum atomic E-state index is -0.575. The molecule has 1 spiro atoms. The minimum Gasteiger partial charge on any atom is -0.310 e. The molecular formula is C79H71N. The Bertz CT molecular complexity index is 4060. The molecule has 0 aromatic heterocycles. The summed E-state index contributed by atoms with van der Waals surface area (Å²) in [4.78, 5) is 2.63. The van der Waals surface area contributed by atoms with Crippen LogP contribution >= 0.6 is 0 Å². The average Bonchev–Trinajstić information content (AvgIpc) is 4.47. The Morgan fingerprint density at radius 1 is 0.400 bits per heavy atom. The number of nitrogens with zero attached hydrogens (tertiary/aromatic N) is 1. The first-order chi connectivity index (χ1) is 38.7. The van der Waals surface area contributed by atoms with Crippen molar-refractivity contribution in [3.63, 3.8) is 0 Å². The number of fused-ring (bicyclic) bond motifs is 14. The number of hydrogen-bond donors (Lipinski definition) is 0. The van der Waals surface area contributed by atoms with E-state index in [4.69, 9.17) is 0 Å². The predicted octanol–water partition coefficient (Wildman–Crippen LogP) is 20.8. The fourth-order valence-corrected chi connectivity index (χ4v) is 16.5. The zero-order valence-corrected chi connectivity index (χ0v) is 47.8. The summed E-state index contributed by atoms with van der Waals surface area (Å²) in [5.74, 6) is 1.44. The quantitative estimate of drug-likeness (QED) is 0.154. The molecule has 392 valence electrons. The Morgan fingerprint density at radius 3 is 1.51 bits per heavy atom. The molecule has 3 unspecified atom stereocenters. The first-order valence-corrected chi connectivity index (χ1v) is 29.6. The topological polar surface area (TPSA) is 3.24 Å². The third kappa shape index (κ3) is 6.95. The predicted molar refractivity (Wildman–Crippen MR) is 336 cm³/mol. The summed E-state index contributed by atoms with van der Waals surface area (Å²) < 4.78 is 0. The maximum absolute atomic E-state index is 2.64. The van der Waals surface area contributed by atoms with Crippen molar-refractivity contribution in [2.75, 3.05) is 4.90 Å². The lowest BCUT2D eigenvalue weighted by Crippen LogP contribution is -2.32. The standard InChI is InChI=1S/C79H71N/c1-75(2,3)52-35-39-54(40-36-52)79(55-41-37-53(38-42-55)76(4,5)6)69-28-16-13-23-66(69)73-70(79)29-18-30-72(73)80(58-45-46-63-61-21-12-15-27-68(61)78(71(63)48-58)49-50-31-34-56(78)47-50)57-43-32-51(33-44-57)59-19-9-10-20-60(59)64-24-17-25-65-62-22-11-14-26-67(62)77(7,8)74(64)65/h9-30,32-33,35-46,48,50,56H,31,34,47,49H2,1-8H3. The van der Waals surface area contributed by atoms with Gasteiger partial charge < -0.3 is 4.90 Å². The second-order valence-electron chi connectivity index (χ2n) is 26.8. The first-order valence-electron chi connectivity index (χ1n) is 29.6. The van der Waals surface area contributed by atoms with E-state index in [0.717, 1.165) is 11.6 Å². The number of hydrogen-bond acceptors (Lipinski definition) is 1. The molecule has 0 heterocycles. The van der Waals surface area contributed by atoms with Crippen LogP contribution < -0.4 is 4.90 Å². The van der Waals surface area contributed by atoms with Crippen LogP contribution in [0.25, 0.3) is 55.6 Å². The SMILES string of the molecule is CC(C)(C)c1ccc(C2(c3ccc(C(C)(C)C)cc3)c3ccccc3-c3c(N(c4ccc(-c5ccccc5-c5cccc6c5C(C)(C)c5ccccc5-6)cc4)c4ccc5c(c4)C4(CC6CCC4C6)c4ccccc4-5)cccc32)cc1. The number of rotatable bonds is 7. The van der Waals surface area contributed by atoms with Crippen molar-refractivity contribution in [3.8, 4) is 55.6 Å². The Balaban J connectivity index is 0.947. The van der Waals surface area contributed by atoms with Crippen LogP contribution in [0, 0.1) is 11.8 Å². The van der Waals surface area contributed by atoms with Gasteiger partial charge in [0.15, 0.2) is 0 Å². The highest BCUT2D eigenvalue weighted by Gasteiger charge is 2.57. The molecule has 0 N–H and O–H groups in total. The highest BCUT2D eigenvalue weighted by atomic mass is 15.1. The molecule has 5 aliphatic rings. The molecule has 1 nitrogen and oxygen atoms in total. The molecule has 80 heavy (non-hydrogen) atoms. The maximum atomic E-state index is 2.64. The van der Waals surface area contributed by atoms with Gasteiger partial charge in [-0.25, -0.2) is 0 Å². The van der Waals surface area contributed by atoms with Gasteiger partial charge in [0.2, 0.25) is 0 Å². The molecule has 2 bridgehead atoms. The second-order valence-corrected chi connectivity index (χ2v) is 26.8. The molecule has 3 atom stereocenters. The zero-order chi connectivity index (χ0) is 54.5. The number of anilines is 3. The molecule has 2 saturated carbocycles. The van der Waals surface area contributed by atoms with Crippen LogP contribution in [-0.4, -0.2) is 0 Å². The van der Waals surface area contributed by atoms with Crippen LogP contribution in [0.3, 0.4) is 0 Å². The van der Waals surface area contributed by atoms with Crippen molar-refractivity contribution < 1.29 is 0 Å². The molecule has 15 rings (SSSR count). The van der Waals surface area contributed by atoms with Gasteiger partial charge in [-0.2, -0.15) is 0 Å². The van der Waals surface area contributed by atoms with Crippen molar-refractivity contribution in [2.24, 2.45) is 11.8 Å². The van der Waals surface area contributed by atoms with Gasteiger partial charge in [-0.15, -0.1) is 0 Å². The first kappa shape index (κ1) is 49.1. The van der Waals surface area contributed by atoms with Crippen LogP contribution in [0.15, 0.2) is 224 Å². The molecule has 0 saturated heterocycles. The van der Waals surface area contributed by atoms with Crippen LogP contribution in [0.2, 0.25) is 0 Å². The molecule has 5 aliphatic carbocycles. The summed E-state index contributed by atoms with van der Waals surface area (Å²) >= 11 is 0. The Hall–Kier alpha value is -8.00. The monoisotopic (exact) mass is 1030 g/mol. The summed E-state index contributed by atoms with van der Waals surface area (Å²) in [6.07, 6.45) is 5.24. The van der Waals surface area contributed by atoms with Gasteiger partial charge in [-0.3, -0.25) is 0 Å². The third-order valence-electron chi connectivity index (χ3n) is 20.2. The van der Waals surface area contributed by atoms with E-state index in [-0.39, 0.29) is 21.7 Å². The van der Waals surface area contributed by atoms with Crippen molar-refractivity contribution in [1.29, 1.82) is 0 Å². The van der Waals surface area contributed by atoms with Gasteiger partial charge in [0, 0.05) is 27.8 Å². The van der Waals surface area contributed by atoms with E-state index >= 15 is 0 Å². The Labute approximate surface area is 475 Å². The molecule has 10 aromatic carbocycles. The fourth-order valence-electron chi connectivity index (χ4n) is 16.5. The van der Waals surface area contributed by atoms with Gasteiger partial charge in [0.1, 0.15) is 0 Å². The van der Waals surface area contributed by atoms with Gasteiger partial charge in [0.25, 0.3) is 0 Å². The van der Waals surface area contributed by atoms with Crippen molar-refractivity contribution in [2.45, 2.75) is 108 Å². The second kappa shape index (κ2) is 17.5. The lowest BCUT2D eigenvalue weighted by Gasteiger charge is -2.37. The summed E-state index contributed by atoms with van der Waals surface area (Å²) in [5.41, 5.74) is 29.9. The molecule has 0 aliphatic heterocycles. The third-order valence-corrected chi connectivity index (χ3v) is 20.2. The molecule has 10 aromatic rings. The molecule has 0 amide bonds. The van der Waals surface area contributed by atoms with E-state index in [2.05, 4.69) is 285 Å². The largest absolute Gasteiger partial charge is 0.310 e. The van der Waals surface area contributed by atoms with Crippen LogP contribution in [-0.2, 0) is 27.1 Å². The molecule has 2 fully saturated rings. The van der Waals surface area contributed by atoms with Gasteiger partial charge >= 0.3 is 0 Å². The van der Waals surface area contributed by atoms with Crippen molar-refractivity contribution >= 4 is 17.1 Å². The van der Waals surface area contributed by atoms with Crippen LogP contribution in [0.4, 0.5) is 17.1 Å². The van der Waals surface area contributed by atoms with E-state index in [1.165, 1.54) is 143 Å². The fraction of sp³-hybridized carbons (Fsp3) is 0.241. The summed E-state index contributed by atoms with van der Waals surface area (Å²) in [7, 11) is 0. The van der Waals surface area contributed by atoms with Gasteiger partial charge in [-0.05, 0) is 178 Å².